The third-order valence-corrected chi connectivity index (χ3v) is 6.67. The van der Waals surface area contributed by atoms with Gasteiger partial charge in [-0.1, -0.05) is 10.6 Å². The van der Waals surface area contributed by atoms with Gasteiger partial charge in [0.15, 0.2) is 10.7 Å². The number of aromatic nitrogens is 3. The van der Waals surface area contributed by atoms with Gasteiger partial charge < -0.3 is 19.5 Å². The molecular weight excluding hydrogens is 444 g/mol. The summed E-state index contributed by atoms with van der Waals surface area (Å²) in [5.41, 5.74) is 1.66. The van der Waals surface area contributed by atoms with Gasteiger partial charge in [0.05, 0.1) is 7.11 Å². The number of nitrogens with zero attached hydrogens (tertiary/aromatic N) is 4. The van der Waals surface area contributed by atoms with Crippen molar-refractivity contribution < 1.29 is 14.3 Å². The number of rotatable bonds is 4. The van der Waals surface area contributed by atoms with E-state index in [0.29, 0.717) is 36.1 Å². The van der Waals surface area contributed by atoms with Gasteiger partial charge in [0.25, 0.3) is 11.5 Å². The second kappa shape index (κ2) is 8.66. The predicted octanol–water partition coefficient (Wildman–Crippen LogP) is 2.61. The number of piperidine rings is 1. The van der Waals surface area contributed by atoms with Crippen LogP contribution in [0.5, 0.6) is 5.75 Å². The summed E-state index contributed by atoms with van der Waals surface area (Å²) in [6.45, 7) is 1.62. The number of pyridine rings is 1. The maximum absolute atomic E-state index is 13.3. The lowest BCUT2D eigenvalue weighted by atomic mass is 9.83. The van der Waals surface area contributed by atoms with Crippen molar-refractivity contribution in [3.8, 4) is 5.75 Å². The van der Waals surface area contributed by atoms with Gasteiger partial charge in [0.2, 0.25) is 0 Å². The van der Waals surface area contributed by atoms with E-state index in [4.69, 9.17) is 4.74 Å². The van der Waals surface area contributed by atoms with Crippen molar-refractivity contribution in [2.45, 2.75) is 18.9 Å². The molecular formula is C22H22N6O4S. The number of fused-ring (bicyclic) bond motifs is 4. The Morgan fingerprint density at radius 2 is 1.91 bits per heavy atom. The van der Waals surface area contributed by atoms with Crippen molar-refractivity contribution >= 4 is 34.2 Å². The van der Waals surface area contributed by atoms with Crippen LogP contribution in [0.4, 0.5) is 15.5 Å². The van der Waals surface area contributed by atoms with Crippen molar-refractivity contribution in [1.82, 2.24) is 19.1 Å². The zero-order valence-electron chi connectivity index (χ0n) is 17.9. The maximum Gasteiger partial charge on any atom is 0.324 e. The highest BCUT2D eigenvalue weighted by Gasteiger charge is 2.37. The number of carbonyl (C=O) groups is 2. The Labute approximate surface area is 193 Å². The number of anilines is 2. The average Bonchev–Trinajstić information content (AvgIpc) is 3.27. The van der Waals surface area contributed by atoms with Crippen LogP contribution in [0, 0.1) is 5.92 Å². The topological polar surface area (TPSA) is 118 Å². The first kappa shape index (κ1) is 21.1. The summed E-state index contributed by atoms with van der Waals surface area (Å²) in [7, 11) is 1.57. The molecule has 2 aliphatic heterocycles. The normalized spacial score (nSPS) is 18.9. The molecule has 0 saturated carbocycles. The number of methoxy groups -OCH3 is 1. The van der Waals surface area contributed by atoms with Crippen LogP contribution in [0.2, 0.25) is 0 Å². The van der Waals surface area contributed by atoms with Crippen molar-refractivity contribution in [3.63, 3.8) is 0 Å². The van der Waals surface area contributed by atoms with Crippen LogP contribution in [-0.4, -0.2) is 51.2 Å². The molecule has 33 heavy (non-hydrogen) atoms. The lowest BCUT2D eigenvalue weighted by molar-refractivity contribution is 0.0590. The molecule has 3 amide bonds. The van der Waals surface area contributed by atoms with Crippen LogP contribution >= 0.6 is 11.5 Å². The van der Waals surface area contributed by atoms with E-state index in [0.717, 1.165) is 23.6 Å². The molecule has 4 heterocycles. The van der Waals surface area contributed by atoms with E-state index in [1.165, 1.54) is 0 Å². The van der Waals surface area contributed by atoms with Gasteiger partial charge >= 0.3 is 6.03 Å². The Balaban J connectivity index is 1.28. The number of urea groups is 1. The van der Waals surface area contributed by atoms with Crippen LogP contribution in [0.15, 0.2) is 47.3 Å². The van der Waals surface area contributed by atoms with E-state index in [9.17, 15) is 14.4 Å². The van der Waals surface area contributed by atoms with E-state index in [2.05, 4.69) is 20.2 Å². The quantitative estimate of drug-likeness (QED) is 0.610. The lowest BCUT2D eigenvalue weighted by Crippen LogP contribution is -2.49. The van der Waals surface area contributed by atoms with Gasteiger partial charge in [0, 0.05) is 54.5 Å². The summed E-state index contributed by atoms with van der Waals surface area (Å²) in [6, 6.07) is 11.7. The van der Waals surface area contributed by atoms with Gasteiger partial charge in [-0.25, -0.2) is 4.79 Å². The minimum Gasteiger partial charge on any atom is -0.497 e. The minimum atomic E-state index is -0.496. The molecule has 3 aromatic rings. The second-order valence-electron chi connectivity index (χ2n) is 8.17. The molecule has 5 rings (SSSR count). The first-order valence-corrected chi connectivity index (χ1v) is 11.3. The summed E-state index contributed by atoms with van der Waals surface area (Å²) in [5, 5.41) is 9.67. The Kier molecular flexibility index (Phi) is 5.55. The van der Waals surface area contributed by atoms with Crippen LogP contribution in [0.3, 0.4) is 0 Å². The Morgan fingerprint density at radius 3 is 2.70 bits per heavy atom. The van der Waals surface area contributed by atoms with Crippen molar-refractivity contribution in [3.05, 3.63) is 64.2 Å². The lowest BCUT2D eigenvalue weighted by Gasteiger charge is -2.42. The molecule has 10 nitrogen and oxygen atoms in total. The number of hydrogen-bond acceptors (Lipinski definition) is 7. The highest BCUT2D eigenvalue weighted by atomic mass is 32.1. The SMILES string of the molecule is COc1ccc(NC(=O)Nc2snnc2C(=O)N2C[C@H]3C[C@@H](C2)c2cccc(=O)n2C3)cc1. The van der Waals surface area contributed by atoms with E-state index < -0.39 is 6.03 Å². The third-order valence-electron chi connectivity index (χ3n) is 6.03. The van der Waals surface area contributed by atoms with Gasteiger partial charge in [-0.15, -0.1) is 5.10 Å². The van der Waals surface area contributed by atoms with E-state index >= 15 is 0 Å². The number of ether oxygens (including phenoxy) is 1. The molecule has 2 aromatic heterocycles. The number of amides is 3. The molecule has 2 atom stereocenters. The summed E-state index contributed by atoms with van der Waals surface area (Å²) in [4.78, 5) is 39.7. The fourth-order valence-corrected chi connectivity index (χ4v) is 5.12. The fourth-order valence-electron chi connectivity index (χ4n) is 4.56. The van der Waals surface area contributed by atoms with Gasteiger partial charge in [0.1, 0.15) is 5.75 Å². The molecule has 2 aliphatic rings. The number of nitrogens with one attached hydrogen (secondary N) is 2. The molecule has 1 fully saturated rings. The minimum absolute atomic E-state index is 0.0000337. The number of benzene rings is 1. The average molecular weight is 467 g/mol. The Hall–Kier alpha value is -3.73. The molecule has 170 valence electrons. The summed E-state index contributed by atoms with van der Waals surface area (Å²) >= 11 is 0.953. The van der Waals surface area contributed by atoms with Crippen LogP contribution in [0.1, 0.15) is 28.5 Å². The highest BCUT2D eigenvalue weighted by molar-refractivity contribution is 7.10. The van der Waals surface area contributed by atoms with Crippen LogP contribution in [-0.2, 0) is 6.54 Å². The van der Waals surface area contributed by atoms with Crippen LogP contribution in [0.25, 0.3) is 0 Å². The molecule has 2 bridgehead atoms. The van der Waals surface area contributed by atoms with Crippen molar-refractivity contribution in [2.75, 3.05) is 30.8 Å². The monoisotopic (exact) mass is 466 g/mol. The number of likely N-dealkylation sites (tertiary alicyclic amines) is 1. The Bertz CT molecular complexity index is 1250. The van der Waals surface area contributed by atoms with Crippen LogP contribution < -0.4 is 20.9 Å². The third kappa shape index (κ3) is 4.19. The van der Waals surface area contributed by atoms with E-state index in [1.54, 1.807) is 48.4 Å². The standard InChI is InChI=1S/C22H22N6O4S/c1-32-16-7-5-15(6-8-16)23-22(31)24-20-19(25-26-33-20)21(30)27-10-13-9-14(12-27)17-3-2-4-18(29)28(17)11-13/h2-8,13-14H,9-12H2,1H3,(H2,23,24,31)/t13-,14+/m1/s1. The molecule has 1 saturated heterocycles. The van der Waals surface area contributed by atoms with E-state index in [1.807, 2.05) is 10.6 Å². The molecule has 0 aliphatic carbocycles. The molecule has 0 radical (unpaired) electrons. The molecule has 2 N–H and O–H groups in total. The van der Waals surface area contributed by atoms with Gasteiger partial charge in [-0.2, -0.15) is 0 Å². The number of carbonyl (C=O) groups excluding carboxylic acids is 2. The summed E-state index contributed by atoms with van der Waals surface area (Å²) < 4.78 is 10.8. The van der Waals surface area contributed by atoms with E-state index in [-0.39, 0.29) is 29.0 Å². The van der Waals surface area contributed by atoms with Gasteiger partial charge in [-0.05, 0) is 42.7 Å². The highest BCUT2D eigenvalue weighted by Crippen LogP contribution is 2.36. The largest absolute Gasteiger partial charge is 0.497 e. The first-order chi connectivity index (χ1) is 16.0. The zero-order valence-corrected chi connectivity index (χ0v) is 18.7. The van der Waals surface area contributed by atoms with Gasteiger partial charge in [-0.3, -0.25) is 14.9 Å². The predicted molar refractivity (Wildman–Crippen MR) is 123 cm³/mol. The van der Waals surface area contributed by atoms with Crippen molar-refractivity contribution in [2.24, 2.45) is 5.92 Å². The summed E-state index contributed by atoms with van der Waals surface area (Å²) in [6.07, 6.45) is 0.942. The maximum atomic E-state index is 13.3. The van der Waals surface area contributed by atoms with Crippen molar-refractivity contribution in [1.29, 1.82) is 0 Å². The second-order valence-corrected chi connectivity index (χ2v) is 8.92. The molecule has 0 unspecified atom stereocenters. The number of hydrogen-bond donors (Lipinski definition) is 2. The molecule has 0 spiro atoms. The first-order valence-electron chi connectivity index (χ1n) is 10.5. The smallest absolute Gasteiger partial charge is 0.324 e. The molecule has 1 aromatic carbocycles. The fraction of sp³-hybridized carbons (Fsp3) is 0.318. The summed E-state index contributed by atoms with van der Waals surface area (Å²) in [5.74, 6) is 0.697. The zero-order chi connectivity index (χ0) is 22.9. The molecule has 11 heteroatoms. The Morgan fingerprint density at radius 1 is 1.09 bits per heavy atom.